The molecule has 1 aliphatic carbocycles. The van der Waals surface area contributed by atoms with Crippen molar-refractivity contribution in [2.45, 2.75) is 67.9 Å². The van der Waals surface area contributed by atoms with Crippen LogP contribution >= 0.6 is 19.2 Å². The Morgan fingerprint density at radius 2 is 1.94 bits per heavy atom. The number of ether oxygens (including phenoxy) is 1. The topological polar surface area (TPSA) is 197 Å². The van der Waals surface area contributed by atoms with Crippen LogP contribution in [0.25, 0.3) is 11.2 Å². The molecule has 1 unspecified atom stereocenters. The van der Waals surface area contributed by atoms with E-state index in [1.54, 1.807) is 0 Å². The lowest BCUT2D eigenvalue weighted by Crippen LogP contribution is -2.41. The second kappa shape index (κ2) is 8.89. The van der Waals surface area contributed by atoms with Crippen molar-refractivity contribution in [3.63, 3.8) is 0 Å². The Hall–Kier alpha value is -1.45. The van der Waals surface area contributed by atoms with E-state index in [2.05, 4.69) is 20.3 Å². The van der Waals surface area contributed by atoms with E-state index in [9.17, 15) is 27.6 Å². The van der Waals surface area contributed by atoms with Crippen LogP contribution in [0.3, 0.4) is 0 Å². The smallest absolute Gasteiger partial charge is 0.377 e. The molecule has 2 aromatic heterocycles. The van der Waals surface area contributed by atoms with Gasteiger partial charge in [-0.3, -0.25) is 9.13 Å². The minimum atomic E-state index is -5.71. The quantitative estimate of drug-likeness (QED) is 0.242. The van der Waals surface area contributed by atoms with Crippen molar-refractivity contribution in [1.29, 1.82) is 0 Å². The zero-order chi connectivity index (χ0) is 25.1. The van der Waals surface area contributed by atoms with E-state index < -0.39 is 52.5 Å². The minimum absolute atomic E-state index is 0.128. The number of aliphatic hydroxyl groups is 2. The van der Waals surface area contributed by atoms with Gasteiger partial charge in [-0.05, 0) is 31.4 Å². The second-order valence-electron chi connectivity index (χ2n) is 8.53. The number of hydrogen-bond acceptors (Lipinski definition) is 10. The molecular weight excluding hydrogens is 520 g/mol. The summed E-state index contributed by atoms with van der Waals surface area (Å²) in [5.74, 6) is -0.931. The Morgan fingerprint density at radius 1 is 1.29 bits per heavy atom. The first-order valence-electron chi connectivity index (χ1n) is 10.4. The van der Waals surface area contributed by atoms with Crippen molar-refractivity contribution in [3.8, 4) is 0 Å². The summed E-state index contributed by atoms with van der Waals surface area (Å²) in [4.78, 5) is 30.7. The number of rotatable bonds is 7. The maximum absolute atomic E-state index is 14.5. The summed E-state index contributed by atoms with van der Waals surface area (Å²) in [5, 5.41) is 24.0. The first-order valence-corrected chi connectivity index (χ1v) is 14.0. The van der Waals surface area contributed by atoms with Crippen LogP contribution in [0.15, 0.2) is 6.33 Å². The Morgan fingerprint density at radius 3 is 2.56 bits per heavy atom. The fourth-order valence-corrected chi connectivity index (χ4v) is 6.94. The molecule has 2 fully saturated rings. The number of alkyl halides is 1. The number of hydrogen-bond donors (Lipinski definition) is 5. The van der Waals surface area contributed by atoms with Crippen LogP contribution in [0.5, 0.6) is 0 Å². The molecule has 2 aromatic rings. The fraction of sp³-hybridized carbons (Fsp3) is 0.706. The van der Waals surface area contributed by atoms with Crippen LogP contribution in [0.2, 0.25) is 5.28 Å². The summed E-state index contributed by atoms with van der Waals surface area (Å²) >= 11 is 6.07. The number of nitrogens with one attached hydrogen (secondary N) is 1. The lowest BCUT2D eigenvalue weighted by atomic mass is 10.1. The van der Waals surface area contributed by atoms with E-state index in [0.717, 1.165) is 25.7 Å². The average molecular weight is 544 g/mol. The van der Waals surface area contributed by atoms with Crippen LogP contribution in [-0.2, 0) is 19.1 Å². The highest BCUT2D eigenvalue weighted by Gasteiger charge is 2.57. The Labute approximate surface area is 198 Å². The van der Waals surface area contributed by atoms with Gasteiger partial charge in [0.15, 0.2) is 33.0 Å². The van der Waals surface area contributed by atoms with E-state index in [-0.39, 0.29) is 23.9 Å². The number of anilines is 1. The van der Waals surface area contributed by atoms with Gasteiger partial charge in [-0.2, -0.15) is 9.97 Å². The van der Waals surface area contributed by atoms with Crippen LogP contribution in [0.4, 0.5) is 10.2 Å². The molecule has 0 radical (unpaired) electrons. The molecule has 2 aliphatic rings. The van der Waals surface area contributed by atoms with Gasteiger partial charge < -0.3 is 30.1 Å². The number of halogens is 2. The van der Waals surface area contributed by atoms with E-state index in [4.69, 9.17) is 26.1 Å². The lowest BCUT2D eigenvalue weighted by Gasteiger charge is -2.24. The van der Waals surface area contributed by atoms with E-state index in [0.29, 0.717) is 11.3 Å². The number of imidazole rings is 1. The van der Waals surface area contributed by atoms with Crippen molar-refractivity contribution in [2.75, 3.05) is 11.1 Å². The van der Waals surface area contributed by atoms with Gasteiger partial charge in [0.2, 0.25) is 5.28 Å². The zero-order valence-electron chi connectivity index (χ0n) is 17.8. The molecule has 3 heterocycles. The molecule has 5 N–H and O–H groups in total. The predicted octanol–water partition coefficient (Wildman–Crippen LogP) is 0.689. The molecule has 190 valence electrons. The minimum Gasteiger partial charge on any atom is -0.387 e. The maximum Gasteiger partial charge on any atom is 0.377 e. The second-order valence-corrected chi connectivity index (χ2v) is 13.4. The summed E-state index contributed by atoms with van der Waals surface area (Å²) in [6, 6.07) is 0.174. The first kappa shape index (κ1) is 25.6. The summed E-state index contributed by atoms with van der Waals surface area (Å²) in [6.45, 7) is 0.236. The normalized spacial score (nSPS) is 28.4. The Bertz CT molecular complexity index is 1230. The molecular formula is C17H24ClFN5O8PS. The van der Waals surface area contributed by atoms with E-state index >= 15 is 0 Å². The van der Waals surface area contributed by atoms with Gasteiger partial charge in [-0.25, -0.2) is 17.8 Å². The lowest BCUT2D eigenvalue weighted by molar-refractivity contribution is -0.0293. The van der Waals surface area contributed by atoms with Crippen molar-refractivity contribution < 1.29 is 42.1 Å². The third-order valence-electron chi connectivity index (χ3n) is 6.17. The molecule has 17 heteroatoms. The van der Waals surface area contributed by atoms with Crippen molar-refractivity contribution in [2.24, 2.45) is 0 Å². The Balaban J connectivity index is 1.62. The molecule has 5 atom stereocenters. The molecule has 34 heavy (non-hydrogen) atoms. The zero-order valence-corrected chi connectivity index (χ0v) is 20.3. The largest absolute Gasteiger partial charge is 0.387 e. The van der Waals surface area contributed by atoms with Gasteiger partial charge in [0.1, 0.15) is 18.3 Å². The van der Waals surface area contributed by atoms with Crippen molar-refractivity contribution >= 4 is 46.0 Å². The number of aliphatic hydroxyl groups excluding tert-OH is 2. The van der Waals surface area contributed by atoms with Crippen LogP contribution < -0.4 is 5.32 Å². The molecule has 0 amide bonds. The van der Waals surface area contributed by atoms with Crippen molar-refractivity contribution in [3.05, 3.63) is 11.6 Å². The number of sulfone groups is 1. The summed E-state index contributed by atoms with van der Waals surface area (Å²) < 4.78 is 53.4. The SMILES string of the molecule is CC(F)(P(=O)(O)O)S(=O)(=O)C[C@H]1O[C@@H](n2cnc3c(NC4CCCC4)nc(Cl)nc32)[C@H](O)[C@@H]1O. The van der Waals surface area contributed by atoms with Gasteiger partial charge in [0.05, 0.1) is 12.1 Å². The fourth-order valence-electron chi connectivity index (χ4n) is 4.09. The van der Waals surface area contributed by atoms with Gasteiger partial charge in [0, 0.05) is 6.04 Å². The van der Waals surface area contributed by atoms with E-state index in [1.807, 2.05) is 0 Å². The van der Waals surface area contributed by atoms with Crippen LogP contribution in [0.1, 0.15) is 38.8 Å². The molecule has 0 spiro atoms. The van der Waals surface area contributed by atoms with Crippen LogP contribution in [-0.4, -0.2) is 82.8 Å². The summed E-state index contributed by atoms with van der Waals surface area (Å²) in [7, 11) is -10.8. The monoisotopic (exact) mass is 543 g/mol. The molecule has 0 bridgehead atoms. The molecule has 13 nitrogen and oxygen atoms in total. The van der Waals surface area contributed by atoms with Gasteiger partial charge in [0.25, 0.3) is 0 Å². The first-order chi connectivity index (χ1) is 15.7. The van der Waals surface area contributed by atoms with Crippen LogP contribution in [0, 0.1) is 0 Å². The Kier molecular flexibility index (Phi) is 6.70. The third kappa shape index (κ3) is 4.44. The van der Waals surface area contributed by atoms with Gasteiger partial charge >= 0.3 is 12.3 Å². The molecule has 1 aliphatic heterocycles. The van der Waals surface area contributed by atoms with Crippen molar-refractivity contribution in [1.82, 2.24) is 19.5 Å². The highest BCUT2D eigenvalue weighted by molar-refractivity contribution is 7.99. The van der Waals surface area contributed by atoms with Gasteiger partial charge in [-0.15, -0.1) is 0 Å². The molecule has 1 saturated heterocycles. The third-order valence-corrected chi connectivity index (χ3v) is 10.8. The highest BCUT2D eigenvalue weighted by Crippen LogP contribution is 2.55. The van der Waals surface area contributed by atoms with Gasteiger partial charge in [-0.1, -0.05) is 12.8 Å². The van der Waals surface area contributed by atoms with E-state index in [1.165, 1.54) is 10.9 Å². The number of aromatic nitrogens is 4. The number of fused-ring (bicyclic) bond motifs is 1. The summed E-state index contributed by atoms with van der Waals surface area (Å²) in [6.07, 6.45) is -1.35. The summed E-state index contributed by atoms with van der Waals surface area (Å²) in [5.41, 5.74) is 0.432. The maximum atomic E-state index is 14.5. The highest BCUT2D eigenvalue weighted by atomic mass is 35.5. The molecule has 0 aromatic carbocycles. The number of nitrogens with zero attached hydrogens (tertiary/aromatic N) is 4. The predicted molar refractivity (Wildman–Crippen MR) is 117 cm³/mol. The molecule has 1 saturated carbocycles. The standard InChI is InChI=1S/C17H24ClFN5O8PS/c1-17(19,33(27,28)29)34(30,31)6-9-11(25)12(26)15(32-9)24-7-20-10-13(21-8-4-2-3-5-8)22-16(18)23-14(10)24/h7-9,11-12,15,25-26H,2-6H2,1H3,(H,21,22,23)(H2,27,28,29)/t9-,11-,12-,15-,17?/m1/s1. The average Bonchev–Trinajstić information content (AvgIpc) is 3.43. The molecule has 4 rings (SSSR count).